The fraction of sp³-hybridized carbons (Fsp3) is 0.923. The van der Waals surface area contributed by atoms with E-state index in [0.717, 1.165) is 12.8 Å². The second kappa shape index (κ2) is 6.41. The van der Waals surface area contributed by atoms with Crippen molar-refractivity contribution < 1.29 is 18.3 Å². The molecule has 20 heavy (non-hydrogen) atoms. The highest BCUT2D eigenvalue weighted by molar-refractivity contribution is 7.88. The van der Waals surface area contributed by atoms with E-state index in [4.69, 9.17) is 5.73 Å². The van der Waals surface area contributed by atoms with E-state index in [1.54, 1.807) is 0 Å². The van der Waals surface area contributed by atoms with Crippen molar-refractivity contribution in [2.75, 3.05) is 25.9 Å². The third-order valence-electron chi connectivity index (χ3n) is 4.50. The zero-order valence-electron chi connectivity index (χ0n) is 12.5. The van der Waals surface area contributed by atoms with Crippen LogP contribution in [0.2, 0.25) is 0 Å². The van der Waals surface area contributed by atoms with E-state index >= 15 is 0 Å². The van der Waals surface area contributed by atoms with Crippen LogP contribution in [0.5, 0.6) is 0 Å². The highest BCUT2D eigenvalue weighted by Crippen LogP contribution is 2.37. The molecular weight excluding hydrogens is 280 g/mol. The predicted molar refractivity (Wildman–Crippen MR) is 77.7 cm³/mol. The summed E-state index contributed by atoms with van der Waals surface area (Å²) in [6.07, 6.45) is 3.26. The smallest absolute Gasteiger partial charge is 0.311 e. The van der Waals surface area contributed by atoms with Gasteiger partial charge >= 0.3 is 5.97 Å². The number of carboxylic acid groups (broad SMARTS) is 1. The first kappa shape index (κ1) is 17.4. The maximum atomic E-state index is 11.6. The molecule has 0 spiro atoms. The van der Waals surface area contributed by atoms with Crippen molar-refractivity contribution >= 4 is 16.0 Å². The van der Waals surface area contributed by atoms with Crippen molar-refractivity contribution in [1.82, 2.24) is 4.31 Å². The molecule has 7 heteroatoms. The second-order valence-corrected chi connectivity index (χ2v) is 8.14. The zero-order valence-corrected chi connectivity index (χ0v) is 13.3. The molecule has 1 aliphatic rings. The molecule has 0 amide bonds. The summed E-state index contributed by atoms with van der Waals surface area (Å²) in [5.41, 5.74) is 4.77. The summed E-state index contributed by atoms with van der Waals surface area (Å²) in [7, 11) is -3.21. The minimum absolute atomic E-state index is 0.0560. The van der Waals surface area contributed by atoms with Gasteiger partial charge in [0.25, 0.3) is 0 Å². The van der Waals surface area contributed by atoms with Crippen molar-refractivity contribution in [2.45, 2.75) is 33.1 Å². The number of nitrogens with zero attached hydrogens (tertiary/aromatic N) is 1. The molecule has 0 aliphatic carbocycles. The highest BCUT2D eigenvalue weighted by Gasteiger charge is 2.43. The normalized spacial score (nSPS) is 24.6. The summed E-state index contributed by atoms with van der Waals surface area (Å²) in [5, 5.41) is 9.54. The van der Waals surface area contributed by atoms with E-state index in [1.807, 2.05) is 13.8 Å². The largest absolute Gasteiger partial charge is 0.481 e. The van der Waals surface area contributed by atoms with Gasteiger partial charge in [-0.15, -0.1) is 0 Å². The van der Waals surface area contributed by atoms with Crippen LogP contribution in [0.1, 0.15) is 33.1 Å². The van der Waals surface area contributed by atoms with E-state index in [0.29, 0.717) is 19.5 Å². The van der Waals surface area contributed by atoms with Crippen molar-refractivity contribution in [2.24, 2.45) is 23.0 Å². The molecule has 0 bridgehead atoms. The molecule has 1 heterocycles. The first-order valence-electron chi connectivity index (χ1n) is 7.02. The molecule has 0 aromatic heterocycles. The molecule has 1 fully saturated rings. The fourth-order valence-corrected chi connectivity index (χ4v) is 3.93. The first-order chi connectivity index (χ1) is 9.13. The van der Waals surface area contributed by atoms with Gasteiger partial charge in [-0.2, -0.15) is 0 Å². The molecule has 118 valence electrons. The van der Waals surface area contributed by atoms with Gasteiger partial charge in [-0.25, -0.2) is 12.7 Å². The Morgan fingerprint density at radius 1 is 1.50 bits per heavy atom. The van der Waals surface area contributed by atoms with E-state index in [-0.39, 0.29) is 18.4 Å². The van der Waals surface area contributed by atoms with Gasteiger partial charge in [-0.3, -0.25) is 4.79 Å². The number of piperidine rings is 1. The van der Waals surface area contributed by atoms with Crippen LogP contribution in [-0.2, 0) is 14.8 Å². The average Bonchev–Trinajstić information content (AvgIpc) is 2.34. The maximum Gasteiger partial charge on any atom is 0.311 e. The number of hydrogen-bond donors (Lipinski definition) is 2. The number of nitrogens with two attached hydrogens (primary N) is 1. The summed E-state index contributed by atoms with van der Waals surface area (Å²) in [5.74, 6) is -0.911. The number of carboxylic acids is 1. The number of hydrogen-bond acceptors (Lipinski definition) is 4. The highest BCUT2D eigenvalue weighted by atomic mass is 32.2. The Hall–Kier alpha value is -0.660. The van der Waals surface area contributed by atoms with Crippen molar-refractivity contribution in [1.29, 1.82) is 0 Å². The first-order valence-corrected chi connectivity index (χ1v) is 8.87. The van der Waals surface area contributed by atoms with Crippen LogP contribution in [0.4, 0.5) is 0 Å². The second-order valence-electron chi connectivity index (χ2n) is 6.15. The molecule has 0 radical (unpaired) electrons. The lowest BCUT2D eigenvalue weighted by atomic mass is 9.70. The minimum atomic E-state index is -3.21. The summed E-state index contributed by atoms with van der Waals surface area (Å²) in [4.78, 5) is 11.6. The molecular formula is C13H26N2O4S. The summed E-state index contributed by atoms with van der Waals surface area (Å²) in [6.45, 7) is 4.73. The standard InChI is InChI=1S/C13H26N2O4S/c1-10(2)13(9-14,12(16)17)7-11-5-4-6-15(8-11)20(3,18)19/h10-11H,4-9,14H2,1-3H3,(H,16,17). The Bertz CT molecular complexity index is 449. The van der Waals surface area contributed by atoms with Crippen LogP contribution in [-0.4, -0.2) is 49.7 Å². The molecule has 1 rings (SSSR count). The van der Waals surface area contributed by atoms with Gasteiger partial charge in [0.1, 0.15) is 0 Å². The Labute approximate surface area is 121 Å². The van der Waals surface area contributed by atoms with E-state index in [2.05, 4.69) is 0 Å². The van der Waals surface area contributed by atoms with Gasteiger partial charge in [-0.05, 0) is 31.1 Å². The third-order valence-corrected chi connectivity index (χ3v) is 5.77. The number of aliphatic carboxylic acids is 1. The SMILES string of the molecule is CC(C)C(CN)(CC1CCCN(S(C)(=O)=O)C1)C(=O)O. The Morgan fingerprint density at radius 2 is 2.10 bits per heavy atom. The lowest BCUT2D eigenvalue weighted by Gasteiger charge is -2.39. The monoisotopic (exact) mass is 306 g/mol. The Morgan fingerprint density at radius 3 is 2.50 bits per heavy atom. The van der Waals surface area contributed by atoms with Crippen LogP contribution in [0.3, 0.4) is 0 Å². The van der Waals surface area contributed by atoms with Gasteiger partial charge in [0.15, 0.2) is 0 Å². The van der Waals surface area contributed by atoms with Crippen LogP contribution in [0.15, 0.2) is 0 Å². The van der Waals surface area contributed by atoms with Gasteiger partial charge in [-0.1, -0.05) is 13.8 Å². The fourth-order valence-electron chi connectivity index (χ4n) is 2.99. The maximum absolute atomic E-state index is 11.6. The number of sulfonamides is 1. The molecule has 6 nitrogen and oxygen atoms in total. The average molecular weight is 306 g/mol. The molecule has 1 saturated heterocycles. The summed E-state index contributed by atoms with van der Waals surface area (Å²) >= 11 is 0. The van der Waals surface area contributed by atoms with E-state index in [1.165, 1.54) is 10.6 Å². The molecule has 2 unspecified atom stereocenters. The van der Waals surface area contributed by atoms with Crippen LogP contribution < -0.4 is 5.73 Å². The Kier molecular flexibility index (Phi) is 5.57. The van der Waals surface area contributed by atoms with Crippen molar-refractivity contribution in [3.8, 4) is 0 Å². The zero-order chi connectivity index (χ0) is 15.6. The third kappa shape index (κ3) is 3.71. The van der Waals surface area contributed by atoms with Crippen LogP contribution >= 0.6 is 0 Å². The van der Waals surface area contributed by atoms with Crippen molar-refractivity contribution in [3.05, 3.63) is 0 Å². The molecule has 3 N–H and O–H groups in total. The van der Waals surface area contributed by atoms with E-state index in [9.17, 15) is 18.3 Å². The van der Waals surface area contributed by atoms with Gasteiger partial charge in [0.2, 0.25) is 10.0 Å². The number of carbonyl (C=O) groups is 1. The molecule has 0 saturated carbocycles. The molecule has 1 aliphatic heterocycles. The van der Waals surface area contributed by atoms with Gasteiger partial charge < -0.3 is 10.8 Å². The topological polar surface area (TPSA) is 101 Å². The summed E-state index contributed by atoms with van der Waals surface area (Å²) in [6, 6.07) is 0. The quantitative estimate of drug-likeness (QED) is 0.753. The number of rotatable bonds is 6. The van der Waals surface area contributed by atoms with Crippen LogP contribution in [0.25, 0.3) is 0 Å². The minimum Gasteiger partial charge on any atom is -0.481 e. The van der Waals surface area contributed by atoms with Crippen LogP contribution in [0, 0.1) is 17.3 Å². The lowest BCUT2D eigenvalue weighted by Crippen LogP contribution is -2.47. The Balaban J connectivity index is 2.87. The lowest BCUT2D eigenvalue weighted by molar-refractivity contribution is -0.152. The summed E-state index contributed by atoms with van der Waals surface area (Å²) < 4.78 is 24.7. The molecule has 0 aromatic carbocycles. The molecule has 2 atom stereocenters. The van der Waals surface area contributed by atoms with Gasteiger partial charge in [0, 0.05) is 19.6 Å². The predicted octanol–water partition coefficient (Wildman–Crippen LogP) is 0.734. The van der Waals surface area contributed by atoms with Crippen molar-refractivity contribution in [3.63, 3.8) is 0 Å². The molecule has 0 aromatic rings. The van der Waals surface area contributed by atoms with Gasteiger partial charge in [0.05, 0.1) is 11.7 Å². The van der Waals surface area contributed by atoms with E-state index < -0.39 is 21.4 Å².